The van der Waals surface area contributed by atoms with Crippen LogP contribution in [-0.4, -0.2) is 51.5 Å². The van der Waals surface area contributed by atoms with Crippen molar-refractivity contribution in [3.05, 3.63) is 11.1 Å². The number of thiazole rings is 1. The number of nitrogens with one attached hydrogen (secondary N) is 1. The minimum Gasteiger partial charge on any atom is -0.466 e. The van der Waals surface area contributed by atoms with Crippen molar-refractivity contribution >= 4 is 56.6 Å². The zero-order valence-corrected chi connectivity index (χ0v) is 15.3. The maximum atomic E-state index is 11.9. The first-order chi connectivity index (χ1) is 11.1. The van der Waals surface area contributed by atoms with Crippen LogP contribution in [0.2, 0.25) is 0 Å². The Morgan fingerprint density at radius 1 is 1.48 bits per heavy atom. The number of esters is 1. The van der Waals surface area contributed by atoms with Crippen LogP contribution in [0.15, 0.2) is 6.20 Å². The zero-order valence-electron chi connectivity index (χ0n) is 12.9. The van der Waals surface area contributed by atoms with Crippen LogP contribution in [-0.2, 0) is 20.7 Å². The lowest BCUT2D eigenvalue weighted by atomic mass is 10.4. The summed E-state index contributed by atoms with van der Waals surface area (Å²) in [6, 6.07) is 0. The van der Waals surface area contributed by atoms with Gasteiger partial charge in [-0.1, -0.05) is 24.0 Å². The lowest BCUT2D eigenvalue weighted by molar-refractivity contribution is -0.142. The van der Waals surface area contributed by atoms with Gasteiger partial charge in [-0.05, 0) is 19.8 Å². The number of aromatic nitrogens is 1. The van der Waals surface area contributed by atoms with Gasteiger partial charge in [0.15, 0.2) is 5.13 Å². The average Bonchev–Trinajstić information content (AvgIpc) is 3.17. The van der Waals surface area contributed by atoms with Crippen molar-refractivity contribution in [3.8, 4) is 0 Å². The summed E-state index contributed by atoms with van der Waals surface area (Å²) in [7, 11) is 0. The highest BCUT2D eigenvalue weighted by atomic mass is 32.2. The molecule has 1 aliphatic rings. The largest absolute Gasteiger partial charge is 0.466 e. The number of thioether (sulfide) groups is 1. The minimum atomic E-state index is -0.291. The number of carbonyl (C=O) groups excluding carboxylic acids is 2. The highest BCUT2D eigenvalue weighted by Gasteiger charge is 2.16. The van der Waals surface area contributed by atoms with Gasteiger partial charge in [-0.15, -0.1) is 11.3 Å². The summed E-state index contributed by atoms with van der Waals surface area (Å²) < 4.78 is 5.66. The molecule has 1 aliphatic heterocycles. The second kappa shape index (κ2) is 9.19. The topological polar surface area (TPSA) is 71.5 Å². The monoisotopic (exact) mass is 373 g/mol. The quantitative estimate of drug-likeness (QED) is 0.606. The number of anilines is 1. The molecule has 0 aromatic carbocycles. The van der Waals surface area contributed by atoms with E-state index in [4.69, 9.17) is 17.0 Å². The number of carbonyl (C=O) groups is 2. The normalized spacial score (nSPS) is 13.9. The number of thiocarbonyl (C=S) groups is 1. The van der Waals surface area contributed by atoms with E-state index in [1.165, 1.54) is 23.1 Å². The molecule has 1 fully saturated rings. The first-order valence-electron chi connectivity index (χ1n) is 7.40. The van der Waals surface area contributed by atoms with Crippen molar-refractivity contribution in [2.24, 2.45) is 0 Å². The van der Waals surface area contributed by atoms with E-state index in [-0.39, 0.29) is 24.1 Å². The van der Waals surface area contributed by atoms with Crippen LogP contribution in [0.5, 0.6) is 0 Å². The number of likely N-dealkylation sites (tertiary alicyclic amines) is 1. The fraction of sp³-hybridized carbons (Fsp3) is 0.571. The molecule has 1 aromatic heterocycles. The van der Waals surface area contributed by atoms with Crippen LogP contribution in [0.25, 0.3) is 0 Å². The molecule has 0 radical (unpaired) electrons. The minimum absolute atomic E-state index is 0.145. The van der Waals surface area contributed by atoms with Crippen molar-refractivity contribution in [2.45, 2.75) is 26.2 Å². The SMILES string of the molecule is CCOC(=O)Cc1cnc(NC(=O)CSC(=S)N2CCCC2)s1. The van der Waals surface area contributed by atoms with Gasteiger partial charge in [0.05, 0.1) is 18.8 Å². The Kier molecular flexibility index (Phi) is 7.25. The van der Waals surface area contributed by atoms with Crippen molar-refractivity contribution in [2.75, 3.05) is 30.8 Å². The van der Waals surface area contributed by atoms with Crippen molar-refractivity contribution < 1.29 is 14.3 Å². The fourth-order valence-electron chi connectivity index (χ4n) is 2.07. The van der Waals surface area contributed by atoms with Gasteiger partial charge in [0.2, 0.25) is 5.91 Å². The van der Waals surface area contributed by atoms with E-state index in [9.17, 15) is 9.59 Å². The van der Waals surface area contributed by atoms with E-state index in [0.717, 1.165) is 35.1 Å². The summed E-state index contributed by atoms with van der Waals surface area (Å²) in [5, 5.41) is 3.22. The molecule has 0 unspecified atom stereocenters. The Labute approximate surface area is 149 Å². The second-order valence-electron chi connectivity index (χ2n) is 4.91. The van der Waals surface area contributed by atoms with E-state index in [1.807, 2.05) is 0 Å². The molecule has 0 spiro atoms. The molecule has 6 nitrogen and oxygen atoms in total. The fourth-order valence-corrected chi connectivity index (χ4v) is 3.94. The molecule has 1 aromatic rings. The van der Waals surface area contributed by atoms with Crippen molar-refractivity contribution in [1.82, 2.24) is 9.88 Å². The van der Waals surface area contributed by atoms with Gasteiger partial charge in [-0.2, -0.15) is 0 Å². The number of nitrogens with zero attached hydrogens (tertiary/aromatic N) is 2. The smallest absolute Gasteiger partial charge is 0.311 e. The van der Waals surface area contributed by atoms with Gasteiger partial charge in [0.1, 0.15) is 4.32 Å². The Morgan fingerprint density at radius 3 is 2.91 bits per heavy atom. The molecule has 1 amide bonds. The lowest BCUT2D eigenvalue weighted by Gasteiger charge is -2.17. The van der Waals surface area contributed by atoms with Gasteiger partial charge in [-0.3, -0.25) is 9.59 Å². The average molecular weight is 374 g/mol. The molecule has 2 rings (SSSR count). The number of amides is 1. The summed E-state index contributed by atoms with van der Waals surface area (Å²) in [6.45, 7) is 4.09. The number of hydrogen-bond donors (Lipinski definition) is 1. The standard InChI is InChI=1S/C14H19N3O3S3/c1-2-20-12(19)7-10-8-15-13(23-10)16-11(18)9-22-14(21)17-5-3-4-6-17/h8H,2-7,9H2,1H3,(H,15,16,18). The van der Waals surface area contributed by atoms with Crippen molar-refractivity contribution in [1.29, 1.82) is 0 Å². The molecular formula is C14H19N3O3S3. The first kappa shape index (κ1) is 18.2. The summed E-state index contributed by atoms with van der Waals surface area (Å²) >= 11 is 7.97. The predicted molar refractivity (Wildman–Crippen MR) is 96.9 cm³/mol. The van der Waals surface area contributed by atoms with Crippen LogP contribution >= 0.6 is 35.3 Å². The molecule has 126 valence electrons. The summed E-state index contributed by atoms with van der Waals surface area (Å²) in [5.74, 6) is -0.170. The summed E-state index contributed by atoms with van der Waals surface area (Å²) in [5.41, 5.74) is 0. The van der Waals surface area contributed by atoms with Gasteiger partial charge in [0, 0.05) is 24.2 Å². The number of hydrogen-bond acceptors (Lipinski definition) is 7. The zero-order chi connectivity index (χ0) is 16.7. The second-order valence-corrected chi connectivity index (χ2v) is 7.63. The first-order valence-corrected chi connectivity index (χ1v) is 9.61. The Bertz CT molecular complexity index is 571. The number of ether oxygens (including phenoxy) is 1. The molecule has 0 bridgehead atoms. The molecule has 9 heteroatoms. The van der Waals surface area contributed by atoms with Gasteiger partial charge >= 0.3 is 5.97 Å². The van der Waals surface area contributed by atoms with Crippen LogP contribution < -0.4 is 5.32 Å². The van der Waals surface area contributed by atoms with E-state index in [1.54, 1.807) is 13.1 Å². The predicted octanol–water partition coefficient (Wildman–Crippen LogP) is 2.30. The highest BCUT2D eigenvalue weighted by Crippen LogP contribution is 2.20. The van der Waals surface area contributed by atoms with Crippen LogP contribution in [0.1, 0.15) is 24.6 Å². The number of rotatable bonds is 6. The summed E-state index contributed by atoms with van der Waals surface area (Å²) in [6.07, 6.45) is 4.08. The van der Waals surface area contributed by atoms with Crippen LogP contribution in [0.3, 0.4) is 0 Å². The van der Waals surface area contributed by atoms with E-state index in [0.29, 0.717) is 11.7 Å². The van der Waals surface area contributed by atoms with Crippen LogP contribution in [0, 0.1) is 0 Å². The van der Waals surface area contributed by atoms with E-state index >= 15 is 0 Å². The van der Waals surface area contributed by atoms with Gasteiger partial charge in [0.25, 0.3) is 0 Å². The Morgan fingerprint density at radius 2 is 2.22 bits per heavy atom. The Hall–Kier alpha value is -1.19. The van der Waals surface area contributed by atoms with Gasteiger partial charge < -0.3 is 15.0 Å². The summed E-state index contributed by atoms with van der Waals surface area (Å²) in [4.78, 5) is 30.3. The molecule has 0 aliphatic carbocycles. The molecule has 0 saturated carbocycles. The molecule has 2 heterocycles. The molecular weight excluding hydrogens is 354 g/mol. The third kappa shape index (κ3) is 6.08. The van der Waals surface area contributed by atoms with Crippen LogP contribution in [0.4, 0.5) is 5.13 Å². The molecule has 1 saturated heterocycles. The maximum Gasteiger partial charge on any atom is 0.311 e. The molecule has 0 atom stereocenters. The lowest BCUT2D eigenvalue weighted by Crippen LogP contribution is -2.25. The molecule has 23 heavy (non-hydrogen) atoms. The maximum absolute atomic E-state index is 11.9. The highest BCUT2D eigenvalue weighted by molar-refractivity contribution is 8.23. The Balaban J connectivity index is 1.73. The van der Waals surface area contributed by atoms with E-state index in [2.05, 4.69) is 15.2 Å². The molecule has 1 N–H and O–H groups in total. The third-order valence-corrected chi connectivity index (χ3v) is 5.55. The van der Waals surface area contributed by atoms with Gasteiger partial charge in [-0.25, -0.2) is 4.98 Å². The third-order valence-electron chi connectivity index (χ3n) is 3.11. The van der Waals surface area contributed by atoms with Crippen molar-refractivity contribution in [3.63, 3.8) is 0 Å². The van der Waals surface area contributed by atoms with E-state index < -0.39 is 0 Å².